The van der Waals surface area contributed by atoms with E-state index in [1.165, 1.54) is 43.4 Å². The second-order valence-corrected chi connectivity index (χ2v) is 10.5. The molecular formula is C24H42N2O6. The first-order valence-corrected chi connectivity index (χ1v) is 12.2. The second kappa shape index (κ2) is 12.0. The average molecular weight is 455 g/mol. The van der Waals surface area contributed by atoms with Crippen molar-refractivity contribution in [3.8, 4) is 0 Å². The Bertz CT molecular complexity index is 636. The fourth-order valence-electron chi connectivity index (χ4n) is 6.02. The number of quaternary nitrogens is 1. The van der Waals surface area contributed by atoms with Crippen LogP contribution < -0.4 is 10.0 Å². The third kappa shape index (κ3) is 6.91. The SMILES string of the molecule is C[NH+](C)CCCO/N=C/[C@H]1CC[C@]2(O)C[C@@H](C3CCCCC3)CC[C@]12C.O=C([O-])C(=O)O. The highest BCUT2D eigenvalue weighted by Gasteiger charge is 2.59. The summed E-state index contributed by atoms with van der Waals surface area (Å²) in [5.41, 5.74) is -0.503. The number of nitrogens with zero attached hydrogens (tertiary/aromatic N) is 1. The van der Waals surface area contributed by atoms with Crippen LogP contribution in [0.2, 0.25) is 0 Å². The summed E-state index contributed by atoms with van der Waals surface area (Å²) < 4.78 is 0. The van der Waals surface area contributed by atoms with Gasteiger partial charge in [0.2, 0.25) is 0 Å². The Morgan fingerprint density at radius 1 is 1.12 bits per heavy atom. The van der Waals surface area contributed by atoms with Crippen molar-refractivity contribution in [3.63, 3.8) is 0 Å². The van der Waals surface area contributed by atoms with Crippen LogP contribution in [0.15, 0.2) is 5.16 Å². The molecule has 0 aromatic carbocycles. The molecule has 0 aromatic rings. The smallest absolute Gasteiger partial charge is 0.351 e. The summed E-state index contributed by atoms with van der Waals surface area (Å²) >= 11 is 0. The molecule has 0 heterocycles. The van der Waals surface area contributed by atoms with E-state index in [9.17, 15) is 5.11 Å². The van der Waals surface area contributed by atoms with Gasteiger partial charge in [0.05, 0.1) is 26.2 Å². The zero-order chi connectivity index (χ0) is 23.8. The minimum Gasteiger partial charge on any atom is -0.539 e. The molecule has 3 aliphatic carbocycles. The number of aliphatic hydroxyl groups is 1. The van der Waals surface area contributed by atoms with Crippen LogP contribution in [0.25, 0.3) is 0 Å². The lowest BCUT2D eigenvalue weighted by Gasteiger charge is -2.50. The highest BCUT2D eigenvalue weighted by atomic mass is 16.6. The Kier molecular flexibility index (Phi) is 9.95. The summed E-state index contributed by atoms with van der Waals surface area (Å²) in [7, 11) is 4.32. The molecule has 0 spiro atoms. The molecular weight excluding hydrogens is 412 g/mol. The van der Waals surface area contributed by atoms with Gasteiger partial charge in [-0.25, -0.2) is 4.79 Å². The first kappa shape index (κ1) is 26.6. The normalized spacial score (nSPS) is 32.9. The number of rotatable bonds is 7. The molecule has 0 amide bonds. The van der Waals surface area contributed by atoms with Gasteiger partial charge in [0, 0.05) is 24.0 Å². The van der Waals surface area contributed by atoms with E-state index >= 15 is 0 Å². The number of fused-ring (bicyclic) bond motifs is 1. The van der Waals surface area contributed by atoms with Crippen LogP contribution in [0, 0.1) is 23.2 Å². The van der Waals surface area contributed by atoms with E-state index < -0.39 is 17.5 Å². The van der Waals surface area contributed by atoms with Crippen molar-refractivity contribution in [3.05, 3.63) is 0 Å². The lowest BCUT2D eigenvalue weighted by molar-refractivity contribution is -0.858. The van der Waals surface area contributed by atoms with E-state index in [0.29, 0.717) is 12.5 Å². The van der Waals surface area contributed by atoms with Gasteiger partial charge in [-0.05, 0) is 43.9 Å². The second-order valence-electron chi connectivity index (χ2n) is 10.5. The molecule has 0 aromatic heterocycles. The predicted molar refractivity (Wildman–Crippen MR) is 119 cm³/mol. The first-order valence-electron chi connectivity index (χ1n) is 12.2. The Balaban J connectivity index is 0.000000534. The summed E-state index contributed by atoms with van der Waals surface area (Å²) in [6.07, 6.45) is 15.5. The van der Waals surface area contributed by atoms with Crippen LogP contribution in [-0.2, 0) is 14.4 Å². The summed E-state index contributed by atoms with van der Waals surface area (Å²) in [6, 6.07) is 0. The molecule has 8 heteroatoms. The lowest BCUT2D eigenvalue weighted by atomic mass is 9.57. The van der Waals surface area contributed by atoms with Gasteiger partial charge in [0.15, 0.2) is 5.97 Å². The topological polar surface area (TPSA) is 124 Å². The summed E-state index contributed by atoms with van der Waals surface area (Å²) in [5.74, 6) is -2.04. The maximum Gasteiger partial charge on any atom is 0.351 e. The molecule has 3 aliphatic rings. The molecule has 3 fully saturated rings. The number of carboxylic acids is 2. The molecule has 3 N–H and O–H groups in total. The summed E-state index contributed by atoms with van der Waals surface area (Å²) in [6.45, 7) is 4.11. The van der Waals surface area contributed by atoms with Gasteiger partial charge in [-0.2, -0.15) is 0 Å². The fraction of sp³-hybridized carbons (Fsp3) is 0.875. The number of hydrogen-bond donors (Lipinski definition) is 3. The molecule has 184 valence electrons. The van der Waals surface area contributed by atoms with Gasteiger partial charge in [-0.15, -0.1) is 0 Å². The van der Waals surface area contributed by atoms with E-state index in [2.05, 4.69) is 26.2 Å². The van der Waals surface area contributed by atoms with Gasteiger partial charge in [-0.1, -0.05) is 44.2 Å². The van der Waals surface area contributed by atoms with Crippen molar-refractivity contribution in [2.45, 2.75) is 83.2 Å². The number of carbonyl (C=O) groups is 2. The zero-order valence-electron chi connectivity index (χ0n) is 20.0. The van der Waals surface area contributed by atoms with Crippen molar-refractivity contribution in [1.82, 2.24) is 0 Å². The molecule has 3 rings (SSSR count). The van der Waals surface area contributed by atoms with E-state index in [4.69, 9.17) is 24.6 Å². The molecule has 32 heavy (non-hydrogen) atoms. The molecule has 0 radical (unpaired) electrons. The van der Waals surface area contributed by atoms with E-state index in [1.54, 1.807) is 0 Å². The number of carboxylic acid groups (broad SMARTS) is 2. The summed E-state index contributed by atoms with van der Waals surface area (Å²) in [5, 5.41) is 32.1. The van der Waals surface area contributed by atoms with Crippen LogP contribution in [0.1, 0.15) is 77.6 Å². The highest BCUT2D eigenvalue weighted by Crippen LogP contribution is 2.60. The van der Waals surface area contributed by atoms with Crippen molar-refractivity contribution in [1.29, 1.82) is 0 Å². The number of carbonyl (C=O) groups excluding carboxylic acids is 1. The van der Waals surface area contributed by atoms with Crippen LogP contribution in [0.3, 0.4) is 0 Å². The van der Waals surface area contributed by atoms with Gasteiger partial charge >= 0.3 is 5.97 Å². The van der Waals surface area contributed by atoms with E-state index in [1.807, 2.05) is 6.21 Å². The number of nitrogens with one attached hydrogen (secondary N) is 1. The molecule has 0 unspecified atom stereocenters. The molecule has 0 aliphatic heterocycles. The first-order chi connectivity index (χ1) is 15.1. The van der Waals surface area contributed by atoms with Crippen LogP contribution >= 0.6 is 0 Å². The Morgan fingerprint density at radius 3 is 2.38 bits per heavy atom. The van der Waals surface area contributed by atoms with E-state index in [0.717, 1.165) is 50.5 Å². The minimum atomic E-state index is -2.07. The molecule has 4 atom stereocenters. The maximum atomic E-state index is 11.5. The average Bonchev–Trinajstić information content (AvgIpc) is 3.01. The van der Waals surface area contributed by atoms with Crippen molar-refractivity contribution in [2.75, 3.05) is 27.2 Å². The van der Waals surface area contributed by atoms with Crippen LogP contribution in [-0.4, -0.2) is 61.2 Å². The minimum absolute atomic E-state index is 0.0151. The standard InChI is InChI=1S/C22H40N2O2.C2H2O4/c1-21-12-10-19(18-8-5-4-6-9-18)16-22(21,25)13-11-20(21)17-23-26-15-7-14-24(2)3;3-1(4)2(5)6/h17-20,25H,4-16H2,1-3H3;(H,3,4)(H,5,6)/b23-17+;/t19-,20+,21+,22-;/m0./s1. The Morgan fingerprint density at radius 2 is 1.78 bits per heavy atom. The van der Waals surface area contributed by atoms with Crippen LogP contribution in [0.5, 0.6) is 0 Å². The quantitative estimate of drug-likeness (QED) is 0.227. The fourth-order valence-corrected chi connectivity index (χ4v) is 6.02. The molecule has 8 nitrogen and oxygen atoms in total. The van der Waals surface area contributed by atoms with Gasteiger partial charge in [-0.3, -0.25) is 0 Å². The number of oxime groups is 1. The third-order valence-corrected chi connectivity index (χ3v) is 8.10. The van der Waals surface area contributed by atoms with Crippen LogP contribution in [0.4, 0.5) is 0 Å². The molecule has 0 bridgehead atoms. The lowest BCUT2D eigenvalue weighted by Crippen LogP contribution is -3.05. The zero-order valence-corrected chi connectivity index (χ0v) is 20.0. The highest BCUT2D eigenvalue weighted by molar-refractivity contribution is 6.26. The predicted octanol–water partition coefficient (Wildman–Crippen LogP) is 0.872. The van der Waals surface area contributed by atoms with Crippen molar-refractivity contribution in [2.24, 2.45) is 28.3 Å². The number of aliphatic carboxylic acids is 2. The van der Waals surface area contributed by atoms with E-state index in [-0.39, 0.29) is 5.41 Å². The molecule has 0 saturated heterocycles. The van der Waals surface area contributed by atoms with Gasteiger partial charge in [0.1, 0.15) is 6.61 Å². The number of hydrogen-bond acceptors (Lipinski definition) is 6. The Labute approximate surface area is 192 Å². The monoisotopic (exact) mass is 454 g/mol. The van der Waals surface area contributed by atoms with Gasteiger partial charge < -0.3 is 29.9 Å². The maximum absolute atomic E-state index is 11.5. The van der Waals surface area contributed by atoms with Crippen molar-refractivity contribution < 1.29 is 34.6 Å². The third-order valence-electron chi connectivity index (χ3n) is 8.10. The largest absolute Gasteiger partial charge is 0.539 e. The summed E-state index contributed by atoms with van der Waals surface area (Å²) in [4.78, 5) is 25.0. The Hall–Kier alpha value is -1.67. The van der Waals surface area contributed by atoms with Crippen molar-refractivity contribution >= 4 is 18.2 Å². The molecule has 3 saturated carbocycles. The van der Waals surface area contributed by atoms with Gasteiger partial charge in [0.25, 0.3) is 0 Å².